The smallest absolute Gasteiger partial charge is 0.225 e. The van der Waals surface area contributed by atoms with Gasteiger partial charge in [0, 0.05) is 38.0 Å². The lowest BCUT2D eigenvalue weighted by atomic mass is 10.1. The van der Waals surface area contributed by atoms with E-state index in [1.165, 1.54) is 10.7 Å². The molecule has 3 heterocycles. The summed E-state index contributed by atoms with van der Waals surface area (Å²) < 4.78 is 41.9. The van der Waals surface area contributed by atoms with Crippen molar-refractivity contribution < 1.29 is 18.3 Å². The third-order valence-corrected chi connectivity index (χ3v) is 5.75. The average molecular weight is 447 g/mol. The van der Waals surface area contributed by atoms with E-state index in [-0.39, 0.29) is 18.2 Å². The molecule has 3 aromatic rings. The van der Waals surface area contributed by atoms with E-state index < -0.39 is 23.7 Å². The number of halogens is 3. The van der Waals surface area contributed by atoms with Gasteiger partial charge in [-0.05, 0) is 19.9 Å². The molecule has 32 heavy (non-hydrogen) atoms. The van der Waals surface area contributed by atoms with Crippen LogP contribution in [0.5, 0.6) is 0 Å². The lowest BCUT2D eigenvalue weighted by molar-refractivity contribution is 0.143. The minimum absolute atomic E-state index is 0.00335. The van der Waals surface area contributed by atoms with E-state index in [0.29, 0.717) is 18.3 Å². The molecule has 0 bridgehead atoms. The topological polar surface area (TPSA) is 82.3 Å². The second-order valence-corrected chi connectivity index (χ2v) is 7.92. The van der Waals surface area contributed by atoms with E-state index in [1.807, 2.05) is 25.8 Å². The van der Waals surface area contributed by atoms with Crippen molar-refractivity contribution in [3.8, 4) is 0 Å². The number of nitrogens with zero attached hydrogens (tertiary/aromatic N) is 6. The number of benzene rings is 1. The minimum Gasteiger partial charge on any atom is -0.371 e. The quantitative estimate of drug-likeness (QED) is 0.582. The Morgan fingerprint density at radius 1 is 1.09 bits per heavy atom. The summed E-state index contributed by atoms with van der Waals surface area (Å²) in [6.07, 6.45) is 2.60. The summed E-state index contributed by atoms with van der Waals surface area (Å²) in [5, 5.41) is 17.7. The summed E-state index contributed by atoms with van der Waals surface area (Å²) in [5.41, 5.74) is 2.28. The van der Waals surface area contributed by atoms with Gasteiger partial charge in [0.05, 0.1) is 24.5 Å². The van der Waals surface area contributed by atoms with Gasteiger partial charge in [0.2, 0.25) is 5.95 Å². The van der Waals surface area contributed by atoms with Crippen LogP contribution in [0.25, 0.3) is 0 Å². The second-order valence-electron chi connectivity index (χ2n) is 7.92. The van der Waals surface area contributed by atoms with Crippen LogP contribution < -0.4 is 15.1 Å². The first-order chi connectivity index (χ1) is 15.2. The molecule has 0 amide bonds. The van der Waals surface area contributed by atoms with E-state index >= 15 is 0 Å². The number of anilines is 3. The molecule has 0 spiro atoms. The molecule has 1 aliphatic heterocycles. The maximum Gasteiger partial charge on any atom is 0.225 e. The van der Waals surface area contributed by atoms with Crippen molar-refractivity contribution in [1.29, 1.82) is 0 Å². The minimum atomic E-state index is -1.49. The van der Waals surface area contributed by atoms with E-state index in [0.717, 1.165) is 23.0 Å². The van der Waals surface area contributed by atoms with Crippen LogP contribution in [0.3, 0.4) is 0 Å². The Morgan fingerprint density at radius 2 is 1.84 bits per heavy atom. The number of aryl methyl sites for hydroxylation is 1. The Morgan fingerprint density at radius 3 is 2.59 bits per heavy atom. The van der Waals surface area contributed by atoms with E-state index in [9.17, 15) is 18.3 Å². The fraction of sp³-hybridized carbons (Fsp3) is 0.381. The number of likely N-dealkylation sites (N-methyl/N-ethyl adjacent to an activating group) is 2. The van der Waals surface area contributed by atoms with Crippen molar-refractivity contribution in [2.75, 3.05) is 29.2 Å². The Bertz CT molecular complexity index is 1150. The summed E-state index contributed by atoms with van der Waals surface area (Å²) in [6, 6.07) is 1.94. The van der Waals surface area contributed by atoms with Crippen LogP contribution in [0.2, 0.25) is 0 Å². The van der Waals surface area contributed by atoms with Gasteiger partial charge in [-0.3, -0.25) is 4.68 Å². The lowest BCUT2D eigenvalue weighted by Crippen LogP contribution is -2.53. The van der Waals surface area contributed by atoms with Crippen LogP contribution in [-0.2, 0) is 13.1 Å². The molecule has 0 saturated carbocycles. The Balaban J connectivity index is 1.48. The zero-order valence-electron chi connectivity index (χ0n) is 18.1. The number of aliphatic hydroxyl groups excluding tert-OH is 1. The molecule has 1 unspecified atom stereocenters. The number of aromatic nitrogens is 4. The normalized spacial score (nSPS) is 18.1. The van der Waals surface area contributed by atoms with Gasteiger partial charge in [-0.15, -0.1) is 0 Å². The van der Waals surface area contributed by atoms with Gasteiger partial charge in [0.15, 0.2) is 23.3 Å². The first kappa shape index (κ1) is 21.9. The molecule has 11 heteroatoms. The fourth-order valence-corrected chi connectivity index (χ4v) is 3.77. The number of nitrogens with one attached hydrogen (secondary N) is 1. The molecule has 2 atom stereocenters. The van der Waals surface area contributed by atoms with Gasteiger partial charge in [0.25, 0.3) is 0 Å². The predicted molar refractivity (Wildman–Crippen MR) is 114 cm³/mol. The third-order valence-electron chi connectivity index (χ3n) is 5.75. The molecular formula is C21H24F3N7O. The summed E-state index contributed by atoms with van der Waals surface area (Å²) in [6.45, 7) is 4.09. The molecule has 8 nitrogen and oxygen atoms in total. The van der Waals surface area contributed by atoms with Gasteiger partial charge in [-0.2, -0.15) is 10.1 Å². The van der Waals surface area contributed by atoms with Crippen molar-refractivity contribution in [2.45, 2.75) is 39.2 Å². The Kier molecular flexibility index (Phi) is 5.68. The third kappa shape index (κ3) is 3.83. The maximum absolute atomic E-state index is 13.9. The molecule has 1 aromatic carbocycles. The number of fused-ring (bicyclic) bond motifs is 1. The zero-order chi connectivity index (χ0) is 23.2. The van der Waals surface area contributed by atoms with Gasteiger partial charge in [-0.25, -0.2) is 18.2 Å². The summed E-state index contributed by atoms with van der Waals surface area (Å²) >= 11 is 0. The van der Waals surface area contributed by atoms with Crippen LogP contribution in [-0.4, -0.2) is 51.2 Å². The van der Waals surface area contributed by atoms with Crippen molar-refractivity contribution in [3.05, 3.63) is 58.8 Å². The molecule has 1 aliphatic rings. The molecule has 4 rings (SSSR count). The highest BCUT2D eigenvalue weighted by Crippen LogP contribution is 2.37. The Labute approximate surface area is 183 Å². The largest absolute Gasteiger partial charge is 0.371 e. The number of rotatable bonds is 5. The predicted octanol–water partition coefficient (Wildman–Crippen LogP) is 2.65. The fourth-order valence-electron chi connectivity index (χ4n) is 3.77. The van der Waals surface area contributed by atoms with Crippen molar-refractivity contribution in [1.82, 2.24) is 19.7 Å². The summed E-state index contributed by atoms with van der Waals surface area (Å²) in [5.74, 6) is -2.80. The molecule has 0 aliphatic carbocycles. The molecule has 0 saturated heterocycles. The van der Waals surface area contributed by atoms with Crippen LogP contribution >= 0.6 is 0 Å². The molecule has 0 radical (unpaired) electrons. The van der Waals surface area contributed by atoms with Gasteiger partial charge >= 0.3 is 0 Å². The van der Waals surface area contributed by atoms with Crippen LogP contribution in [0.4, 0.5) is 30.6 Å². The van der Waals surface area contributed by atoms with Crippen LogP contribution in [0.15, 0.2) is 24.5 Å². The first-order valence-corrected chi connectivity index (χ1v) is 10.1. The van der Waals surface area contributed by atoms with Crippen molar-refractivity contribution in [2.24, 2.45) is 0 Å². The highest BCUT2D eigenvalue weighted by Gasteiger charge is 2.34. The monoisotopic (exact) mass is 447 g/mol. The number of hydrogen-bond donors (Lipinski definition) is 2. The van der Waals surface area contributed by atoms with Gasteiger partial charge in [-0.1, -0.05) is 6.07 Å². The SMILES string of the molecule is Cc1nc(NCc2cnn(Cc3ccc(F)c(F)c3F)c2)nc2c1N(C)C(O)[C@H](C)N2C. The first-order valence-electron chi connectivity index (χ1n) is 10.1. The van der Waals surface area contributed by atoms with Gasteiger partial charge < -0.3 is 20.2 Å². The van der Waals surface area contributed by atoms with Crippen LogP contribution in [0, 0.1) is 24.4 Å². The lowest BCUT2D eigenvalue weighted by Gasteiger charge is -2.43. The highest BCUT2D eigenvalue weighted by molar-refractivity contribution is 5.73. The second kappa shape index (κ2) is 8.30. The van der Waals surface area contributed by atoms with Crippen molar-refractivity contribution in [3.63, 3.8) is 0 Å². The van der Waals surface area contributed by atoms with E-state index in [2.05, 4.69) is 20.4 Å². The summed E-state index contributed by atoms with van der Waals surface area (Å²) in [4.78, 5) is 12.8. The maximum atomic E-state index is 13.9. The number of aliphatic hydroxyl groups is 1. The molecule has 2 N–H and O–H groups in total. The molecule has 170 valence electrons. The highest BCUT2D eigenvalue weighted by atomic mass is 19.2. The molecular weight excluding hydrogens is 423 g/mol. The molecule has 2 aromatic heterocycles. The van der Waals surface area contributed by atoms with Crippen molar-refractivity contribution >= 4 is 17.5 Å². The molecule has 0 fully saturated rings. The Hall–Kier alpha value is -3.34. The average Bonchev–Trinajstić information content (AvgIpc) is 3.22. The zero-order valence-corrected chi connectivity index (χ0v) is 18.1. The number of hydrogen-bond acceptors (Lipinski definition) is 7. The standard InChI is InChI=1S/C21H24F3N7O/c1-11-18-19(29(3)12(2)20(32)30(18)4)28-21(27-11)25-7-13-8-26-31(9-13)10-14-5-6-15(22)17(24)16(14)23/h5-6,8-9,12,20,32H,7,10H2,1-4H3,(H,25,27,28)/t12-,20?/m0/s1. The van der Waals surface area contributed by atoms with E-state index in [4.69, 9.17) is 0 Å². The van der Waals surface area contributed by atoms with E-state index in [1.54, 1.807) is 24.3 Å². The van der Waals surface area contributed by atoms with Gasteiger partial charge in [0.1, 0.15) is 11.9 Å². The van der Waals surface area contributed by atoms with Crippen LogP contribution in [0.1, 0.15) is 23.7 Å². The summed E-state index contributed by atoms with van der Waals surface area (Å²) in [7, 11) is 3.68.